The predicted octanol–water partition coefficient (Wildman–Crippen LogP) is 4.04. The molecule has 80 valence electrons. The van der Waals surface area contributed by atoms with Crippen LogP contribution < -0.4 is 0 Å². The molecule has 1 aromatic rings. The molecule has 2 heteroatoms. The third kappa shape index (κ3) is 3.63. The van der Waals surface area contributed by atoms with Gasteiger partial charge in [0.1, 0.15) is 0 Å². The van der Waals surface area contributed by atoms with Crippen molar-refractivity contribution in [2.24, 2.45) is 5.41 Å². The van der Waals surface area contributed by atoms with Gasteiger partial charge in [0.05, 0.1) is 4.48 Å². The van der Waals surface area contributed by atoms with E-state index < -0.39 is 0 Å². The molecule has 0 unspecified atom stereocenters. The first-order valence-electron chi connectivity index (χ1n) is 4.88. The predicted molar refractivity (Wildman–Crippen MR) is 67.8 cm³/mol. The number of Topliss-reactive ketones (excluding diaryl/α,β-unsaturated/α-hetero) is 1. The highest BCUT2D eigenvalue weighted by molar-refractivity contribution is 9.12. The van der Waals surface area contributed by atoms with Crippen molar-refractivity contribution in [2.75, 3.05) is 0 Å². The van der Waals surface area contributed by atoms with Gasteiger partial charge in [0.25, 0.3) is 0 Å². The first-order valence-corrected chi connectivity index (χ1v) is 5.67. The highest BCUT2D eigenvalue weighted by Gasteiger charge is 2.23. The molecule has 0 bridgehead atoms. The van der Waals surface area contributed by atoms with Gasteiger partial charge in [-0.1, -0.05) is 51.1 Å². The van der Waals surface area contributed by atoms with E-state index in [1.807, 2.05) is 57.2 Å². The SMILES string of the molecule is CC(C)(C)C(=O)/C(Br)=C/c1ccccc1. The van der Waals surface area contributed by atoms with Crippen LogP contribution in [0.2, 0.25) is 0 Å². The van der Waals surface area contributed by atoms with Crippen LogP contribution in [0.15, 0.2) is 34.8 Å². The minimum Gasteiger partial charge on any atom is -0.293 e. The average molecular weight is 267 g/mol. The van der Waals surface area contributed by atoms with E-state index >= 15 is 0 Å². The molecule has 0 aliphatic heterocycles. The zero-order valence-corrected chi connectivity index (χ0v) is 10.8. The van der Waals surface area contributed by atoms with Crippen molar-refractivity contribution in [3.05, 3.63) is 40.4 Å². The molecule has 1 rings (SSSR count). The number of ketones is 1. The van der Waals surface area contributed by atoms with Crippen LogP contribution in [-0.2, 0) is 4.79 Å². The fraction of sp³-hybridized carbons (Fsp3) is 0.308. The monoisotopic (exact) mass is 266 g/mol. The number of carbonyl (C=O) groups excluding carboxylic acids is 1. The Bertz CT molecular complexity index is 371. The summed E-state index contributed by atoms with van der Waals surface area (Å²) in [5.41, 5.74) is 0.686. The molecule has 15 heavy (non-hydrogen) atoms. The molecule has 1 aromatic carbocycles. The zero-order chi connectivity index (χ0) is 11.5. The van der Waals surface area contributed by atoms with Crippen LogP contribution in [0.4, 0.5) is 0 Å². The summed E-state index contributed by atoms with van der Waals surface area (Å²) in [6, 6.07) is 9.80. The highest BCUT2D eigenvalue weighted by atomic mass is 79.9. The number of carbonyl (C=O) groups is 1. The molecule has 0 saturated carbocycles. The standard InChI is InChI=1S/C13H15BrO/c1-13(2,3)12(15)11(14)9-10-7-5-4-6-8-10/h4-9H,1-3H3/b11-9-. The van der Waals surface area contributed by atoms with Crippen LogP contribution in [0.5, 0.6) is 0 Å². The van der Waals surface area contributed by atoms with Crippen LogP contribution in [0.1, 0.15) is 26.3 Å². The van der Waals surface area contributed by atoms with Crippen molar-refractivity contribution in [1.82, 2.24) is 0 Å². The lowest BCUT2D eigenvalue weighted by Gasteiger charge is -2.15. The van der Waals surface area contributed by atoms with Gasteiger partial charge >= 0.3 is 0 Å². The van der Waals surface area contributed by atoms with Gasteiger partial charge in [-0.2, -0.15) is 0 Å². The van der Waals surface area contributed by atoms with Crippen LogP contribution in [0.3, 0.4) is 0 Å². The molecule has 0 atom stereocenters. The number of hydrogen-bond acceptors (Lipinski definition) is 1. The van der Waals surface area contributed by atoms with Gasteiger partial charge in [0.15, 0.2) is 5.78 Å². The first-order chi connectivity index (χ1) is 6.91. The van der Waals surface area contributed by atoms with Crippen LogP contribution in [-0.4, -0.2) is 5.78 Å². The van der Waals surface area contributed by atoms with E-state index in [0.29, 0.717) is 4.48 Å². The Balaban J connectivity index is 2.91. The maximum atomic E-state index is 11.9. The molecule has 0 amide bonds. The molecule has 0 spiro atoms. The Morgan fingerprint density at radius 1 is 1.20 bits per heavy atom. The average Bonchev–Trinajstić information content (AvgIpc) is 2.16. The van der Waals surface area contributed by atoms with Gasteiger partial charge in [0.2, 0.25) is 0 Å². The van der Waals surface area contributed by atoms with Crippen LogP contribution in [0.25, 0.3) is 6.08 Å². The Morgan fingerprint density at radius 2 is 1.73 bits per heavy atom. The topological polar surface area (TPSA) is 17.1 Å². The molecule has 0 aliphatic carbocycles. The van der Waals surface area contributed by atoms with Crippen molar-refractivity contribution in [3.63, 3.8) is 0 Å². The first kappa shape index (κ1) is 12.2. The van der Waals surface area contributed by atoms with E-state index in [2.05, 4.69) is 15.9 Å². The van der Waals surface area contributed by atoms with E-state index in [9.17, 15) is 4.79 Å². The van der Waals surface area contributed by atoms with Gasteiger partial charge in [-0.05, 0) is 27.6 Å². The molecule has 0 saturated heterocycles. The second kappa shape index (κ2) is 4.75. The summed E-state index contributed by atoms with van der Waals surface area (Å²) < 4.78 is 0.626. The highest BCUT2D eigenvalue weighted by Crippen LogP contribution is 2.24. The minimum absolute atomic E-state index is 0.117. The lowest BCUT2D eigenvalue weighted by Crippen LogP contribution is -2.19. The van der Waals surface area contributed by atoms with Gasteiger partial charge in [-0.15, -0.1) is 0 Å². The fourth-order valence-electron chi connectivity index (χ4n) is 1.12. The quantitative estimate of drug-likeness (QED) is 0.739. The zero-order valence-electron chi connectivity index (χ0n) is 9.25. The lowest BCUT2D eigenvalue weighted by atomic mass is 9.90. The Kier molecular flexibility index (Phi) is 3.86. The summed E-state index contributed by atoms with van der Waals surface area (Å²) in [5.74, 6) is 0.117. The van der Waals surface area contributed by atoms with Gasteiger partial charge < -0.3 is 0 Å². The number of hydrogen-bond donors (Lipinski definition) is 0. The van der Waals surface area contributed by atoms with Crippen LogP contribution >= 0.6 is 15.9 Å². The van der Waals surface area contributed by atoms with Crippen molar-refractivity contribution in [3.8, 4) is 0 Å². The number of rotatable bonds is 2. The summed E-state index contributed by atoms with van der Waals surface area (Å²) in [6.07, 6.45) is 1.85. The van der Waals surface area contributed by atoms with Gasteiger partial charge in [-0.3, -0.25) is 4.79 Å². The van der Waals surface area contributed by atoms with Gasteiger partial charge in [-0.25, -0.2) is 0 Å². The maximum absolute atomic E-state index is 11.9. The second-order valence-electron chi connectivity index (χ2n) is 4.48. The second-order valence-corrected chi connectivity index (χ2v) is 5.34. The molecular weight excluding hydrogens is 252 g/mol. The Labute approximate surface area is 99.3 Å². The molecule has 1 nitrogen and oxygen atoms in total. The third-order valence-electron chi connectivity index (χ3n) is 1.99. The van der Waals surface area contributed by atoms with Crippen molar-refractivity contribution >= 4 is 27.8 Å². The van der Waals surface area contributed by atoms with Crippen LogP contribution in [0, 0.1) is 5.41 Å². The summed E-state index contributed by atoms with van der Waals surface area (Å²) in [5, 5.41) is 0. The summed E-state index contributed by atoms with van der Waals surface area (Å²) in [7, 11) is 0. The van der Waals surface area contributed by atoms with Gasteiger partial charge in [0, 0.05) is 5.41 Å². The number of allylic oxidation sites excluding steroid dienone is 1. The maximum Gasteiger partial charge on any atom is 0.175 e. The number of halogens is 1. The largest absolute Gasteiger partial charge is 0.293 e. The normalized spacial score (nSPS) is 12.7. The summed E-state index contributed by atoms with van der Waals surface area (Å²) in [4.78, 5) is 11.9. The molecule has 0 radical (unpaired) electrons. The molecule has 0 heterocycles. The molecular formula is C13H15BrO. The smallest absolute Gasteiger partial charge is 0.175 e. The fourth-order valence-corrected chi connectivity index (χ4v) is 1.98. The summed E-state index contributed by atoms with van der Waals surface area (Å²) in [6.45, 7) is 5.74. The Hall–Kier alpha value is -0.890. The molecule has 0 fully saturated rings. The molecule has 0 aliphatic rings. The van der Waals surface area contributed by atoms with Crippen molar-refractivity contribution < 1.29 is 4.79 Å². The molecule has 0 N–H and O–H groups in total. The van der Waals surface area contributed by atoms with Crippen molar-refractivity contribution in [1.29, 1.82) is 0 Å². The lowest BCUT2D eigenvalue weighted by molar-refractivity contribution is -0.121. The Morgan fingerprint density at radius 3 is 2.20 bits per heavy atom. The van der Waals surface area contributed by atoms with E-state index in [-0.39, 0.29) is 11.2 Å². The van der Waals surface area contributed by atoms with E-state index in [1.165, 1.54) is 0 Å². The van der Waals surface area contributed by atoms with E-state index in [1.54, 1.807) is 0 Å². The summed E-state index contributed by atoms with van der Waals surface area (Å²) >= 11 is 3.33. The van der Waals surface area contributed by atoms with E-state index in [4.69, 9.17) is 0 Å². The van der Waals surface area contributed by atoms with Crippen molar-refractivity contribution in [2.45, 2.75) is 20.8 Å². The number of benzene rings is 1. The minimum atomic E-state index is -0.343. The van der Waals surface area contributed by atoms with E-state index in [0.717, 1.165) is 5.56 Å². The third-order valence-corrected chi connectivity index (χ3v) is 2.58. The molecule has 0 aromatic heterocycles.